The van der Waals surface area contributed by atoms with Crippen LogP contribution in [-0.4, -0.2) is 62.6 Å². The Morgan fingerprint density at radius 1 is 1.33 bits per heavy atom. The molecule has 3 aliphatic rings. The summed E-state index contributed by atoms with van der Waals surface area (Å²) in [4.78, 5) is 54.1. The summed E-state index contributed by atoms with van der Waals surface area (Å²) < 4.78 is 4.71. The number of anilines is 1. The van der Waals surface area contributed by atoms with E-state index in [9.17, 15) is 24.3 Å². The van der Waals surface area contributed by atoms with Crippen LogP contribution < -0.4 is 16.8 Å². The van der Waals surface area contributed by atoms with Crippen LogP contribution in [0.4, 0.5) is 9.93 Å². The molecule has 176 valence electrons. The van der Waals surface area contributed by atoms with Crippen molar-refractivity contribution in [2.45, 2.75) is 37.1 Å². The molecular weight excluding hydrogens is 470 g/mol. The molecule has 0 radical (unpaired) electrons. The minimum absolute atomic E-state index is 0.211. The number of nitrogens with two attached hydrogens (primary N) is 2. The number of aliphatic carboxylic acids is 1. The first-order valence-electron chi connectivity index (χ1n) is 10.3. The highest BCUT2D eigenvalue weighted by atomic mass is 32.2. The summed E-state index contributed by atoms with van der Waals surface area (Å²) in [6.07, 6.45) is 5.01. The van der Waals surface area contributed by atoms with Crippen molar-refractivity contribution >= 4 is 57.7 Å². The zero-order chi connectivity index (χ0) is 23.7. The summed E-state index contributed by atoms with van der Waals surface area (Å²) in [5, 5.41) is 13.8. The minimum Gasteiger partial charge on any atom is -0.477 e. The Hall–Kier alpha value is -3.06. The number of hydrogen-bond acceptors (Lipinski definition) is 9. The van der Waals surface area contributed by atoms with Gasteiger partial charge in [-0.25, -0.2) is 14.6 Å². The number of carboxylic acid groups (broad SMARTS) is 1. The molecule has 2 atom stereocenters. The van der Waals surface area contributed by atoms with Crippen molar-refractivity contribution < 1.29 is 29.0 Å². The molecule has 11 nitrogen and oxygen atoms in total. The van der Waals surface area contributed by atoms with Gasteiger partial charge in [-0.1, -0.05) is 18.9 Å². The average molecular weight is 494 g/mol. The molecule has 2 unspecified atom stereocenters. The van der Waals surface area contributed by atoms with Gasteiger partial charge in [-0.15, -0.1) is 23.1 Å². The van der Waals surface area contributed by atoms with Gasteiger partial charge in [0.05, 0.1) is 11.3 Å². The maximum Gasteiger partial charge on any atom is 0.404 e. The molecule has 6 N–H and O–H groups in total. The number of aromatic nitrogens is 1. The summed E-state index contributed by atoms with van der Waals surface area (Å²) in [5.74, 6) is -1.85. The second kappa shape index (κ2) is 9.43. The third kappa shape index (κ3) is 4.69. The van der Waals surface area contributed by atoms with E-state index < -0.39 is 35.3 Å². The van der Waals surface area contributed by atoms with Crippen molar-refractivity contribution in [2.24, 2.45) is 11.7 Å². The molecule has 3 heterocycles. The van der Waals surface area contributed by atoms with Crippen LogP contribution in [0.25, 0.3) is 5.57 Å². The average Bonchev–Trinajstić information content (AvgIpc) is 3.44. The third-order valence-electron chi connectivity index (χ3n) is 5.77. The number of carbonyl (C=O) groups excluding carboxylic acids is 3. The van der Waals surface area contributed by atoms with E-state index in [4.69, 9.17) is 16.2 Å². The highest BCUT2D eigenvalue weighted by Gasteiger charge is 2.54. The predicted octanol–water partition coefficient (Wildman–Crippen LogP) is 1.13. The van der Waals surface area contributed by atoms with Gasteiger partial charge in [0.1, 0.15) is 23.7 Å². The van der Waals surface area contributed by atoms with Gasteiger partial charge in [-0.2, -0.15) is 0 Å². The number of nitrogen functional groups attached to an aromatic ring is 1. The molecule has 1 aliphatic carbocycles. The Labute approximate surface area is 197 Å². The molecule has 0 bridgehead atoms. The van der Waals surface area contributed by atoms with E-state index in [-0.39, 0.29) is 29.5 Å². The molecule has 1 saturated heterocycles. The lowest BCUT2D eigenvalue weighted by atomic mass is 9.99. The molecule has 33 heavy (non-hydrogen) atoms. The molecule has 1 saturated carbocycles. The molecule has 13 heteroatoms. The van der Waals surface area contributed by atoms with Gasteiger partial charge in [-0.05, 0) is 18.8 Å². The quantitative estimate of drug-likeness (QED) is 0.320. The van der Waals surface area contributed by atoms with Crippen molar-refractivity contribution in [3.8, 4) is 0 Å². The number of hydrogen-bond donors (Lipinski definition) is 4. The van der Waals surface area contributed by atoms with E-state index in [2.05, 4.69) is 10.3 Å². The number of ether oxygens (including phenoxy) is 1. The smallest absolute Gasteiger partial charge is 0.404 e. The Balaban J connectivity index is 1.52. The van der Waals surface area contributed by atoms with Crippen molar-refractivity contribution in [3.05, 3.63) is 28.4 Å². The number of allylic oxidation sites excluding steroid dienone is 1. The lowest BCUT2D eigenvalue weighted by Gasteiger charge is -2.49. The van der Waals surface area contributed by atoms with Gasteiger partial charge in [0, 0.05) is 16.7 Å². The molecule has 0 aromatic carbocycles. The van der Waals surface area contributed by atoms with Gasteiger partial charge in [0.2, 0.25) is 0 Å². The van der Waals surface area contributed by atoms with Crippen molar-refractivity contribution in [2.75, 3.05) is 18.1 Å². The SMILES string of the molecule is NC(=O)OCC1=C(C(=O)O)N2C(=O)C(NC(=O)/C(=C\C3CCCC3)c3csc(N)n3)C2SC1. The first-order chi connectivity index (χ1) is 15.8. The van der Waals surface area contributed by atoms with E-state index in [1.54, 1.807) is 5.38 Å². The zero-order valence-electron chi connectivity index (χ0n) is 17.5. The number of carboxylic acids is 1. The number of nitrogens with zero attached hydrogens (tertiary/aromatic N) is 2. The number of amides is 3. The fourth-order valence-corrected chi connectivity index (χ4v) is 6.11. The summed E-state index contributed by atoms with van der Waals surface area (Å²) >= 11 is 2.50. The van der Waals surface area contributed by atoms with E-state index in [1.807, 2.05) is 6.08 Å². The third-order valence-corrected chi connectivity index (χ3v) is 7.78. The number of β-lactam (4-membered cyclic amide) rings is 1. The Morgan fingerprint density at radius 3 is 2.67 bits per heavy atom. The number of primary amides is 1. The van der Waals surface area contributed by atoms with Crippen LogP contribution in [0.3, 0.4) is 0 Å². The van der Waals surface area contributed by atoms with Crippen LogP contribution in [0, 0.1) is 5.92 Å². The van der Waals surface area contributed by atoms with Crippen molar-refractivity contribution in [3.63, 3.8) is 0 Å². The van der Waals surface area contributed by atoms with Crippen LogP contribution in [0.5, 0.6) is 0 Å². The first-order valence-corrected chi connectivity index (χ1v) is 12.3. The Morgan fingerprint density at radius 2 is 2.06 bits per heavy atom. The second-order valence-electron chi connectivity index (χ2n) is 7.92. The van der Waals surface area contributed by atoms with Gasteiger partial charge in [0.15, 0.2) is 5.13 Å². The number of thiazole rings is 1. The first kappa shape index (κ1) is 23.1. The van der Waals surface area contributed by atoms with Gasteiger partial charge in [-0.3, -0.25) is 14.5 Å². The van der Waals surface area contributed by atoms with Crippen LogP contribution in [0.2, 0.25) is 0 Å². The maximum absolute atomic E-state index is 13.2. The Kier molecular flexibility index (Phi) is 6.61. The molecule has 1 aromatic heterocycles. The number of fused-ring (bicyclic) bond motifs is 1. The fraction of sp³-hybridized carbons (Fsp3) is 0.450. The molecule has 3 amide bonds. The maximum atomic E-state index is 13.2. The van der Waals surface area contributed by atoms with Gasteiger partial charge >= 0.3 is 12.1 Å². The van der Waals surface area contributed by atoms with Crippen molar-refractivity contribution in [1.29, 1.82) is 0 Å². The second-order valence-corrected chi connectivity index (χ2v) is 9.92. The largest absolute Gasteiger partial charge is 0.477 e. The van der Waals surface area contributed by atoms with E-state index in [0.717, 1.165) is 30.6 Å². The highest BCUT2D eigenvalue weighted by molar-refractivity contribution is 8.00. The van der Waals surface area contributed by atoms with Crippen LogP contribution in [-0.2, 0) is 19.1 Å². The van der Waals surface area contributed by atoms with Crippen LogP contribution in [0.1, 0.15) is 31.4 Å². The standard InChI is InChI=1S/C20H23N5O6S2/c21-19-23-12(8-33-19)11(5-9-3-1-2-4-9)15(26)24-13-16(27)25-14(18(28)29)10(6-31-20(22)30)7-32-17(13)25/h5,8-9,13,17H,1-4,6-7H2,(H2,21,23)(H2,22,30)(H,24,26)(H,28,29)/b11-5-. The van der Waals surface area contributed by atoms with E-state index in [0.29, 0.717) is 16.4 Å². The number of nitrogens with one attached hydrogen (secondary N) is 1. The van der Waals surface area contributed by atoms with Crippen molar-refractivity contribution in [1.82, 2.24) is 15.2 Å². The lowest BCUT2D eigenvalue weighted by molar-refractivity contribution is -0.150. The molecule has 0 spiro atoms. The van der Waals surface area contributed by atoms with Gasteiger partial charge < -0.3 is 26.6 Å². The Bertz CT molecular complexity index is 1060. The molecule has 2 fully saturated rings. The summed E-state index contributed by atoms with van der Waals surface area (Å²) in [6.45, 7) is -0.322. The number of thioether (sulfide) groups is 1. The van der Waals surface area contributed by atoms with Gasteiger partial charge in [0.25, 0.3) is 11.8 Å². The molecule has 2 aliphatic heterocycles. The topological polar surface area (TPSA) is 178 Å². The summed E-state index contributed by atoms with van der Waals surface area (Å²) in [5.41, 5.74) is 11.6. The molecular formula is C20H23N5O6S2. The summed E-state index contributed by atoms with van der Waals surface area (Å²) in [6, 6.07) is -0.890. The van der Waals surface area contributed by atoms with E-state index in [1.165, 1.54) is 23.1 Å². The van der Waals surface area contributed by atoms with E-state index >= 15 is 0 Å². The monoisotopic (exact) mass is 493 g/mol. The normalized spacial score (nSPS) is 23.2. The van der Waals surface area contributed by atoms with Crippen LogP contribution in [0.15, 0.2) is 22.7 Å². The fourth-order valence-electron chi connectivity index (χ4n) is 4.22. The molecule has 4 rings (SSSR count). The number of rotatable bonds is 7. The summed E-state index contributed by atoms with van der Waals surface area (Å²) in [7, 11) is 0. The zero-order valence-corrected chi connectivity index (χ0v) is 19.1. The number of carbonyl (C=O) groups is 4. The molecule has 1 aromatic rings. The highest BCUT2D eigenvalue weighted by Crippen LogP contribution is 2.40. The predicted molar refractivity (Wildman–Crippen MR) is 122 cm³/mol. The lowest BCUT2D eigenvalue weighted by Crippen LogP contribution is -2.70. The van der Waals surface area contributed by atoms with Crippen LogP contribution >= 0.6 is 23.1 Å². The minimum atomic E-state index is -1.32.